The second kappa shape index (κ2) is 5.35. The molecule has 0 radical (unpaired) electrons. The van der Waals surface area contributed by atoms with Gasteiger partial charge in [-0.15, -0.1) is 0 Å². The van der Waals surface area contributed by atoms with E-state index in [0.717, 1.165) is 17.9 Å². The van der Waals surface area contributed by atoms with Gasteiger partial charge in [0.15, 0.2) is 0 Å². The molecule has 0 saturated carbocycles. The van der Waals surface area contributed by atoms with E-state index in [1.165, 1.54) is 0 Å². The zero-order chi connectivity index (χ0) is 13.1. The van der Waals surface area contributed by atoms with Crippen molar-refractivity contribution in [3.63, 3.8) is 0 Å². The van der Waals surface area contributed by atoms with E-state index < -0.39 is 6.10 Å². The minimum absolute atomic E-state index is 0.310. The Morgan fingerprint density at radius 3 is 2.78 bits per heavy atom. The van der Waals surface area contributed by atoms with Gasteiger partial charge < -0.3 is 14.2 Å². The summed E-state index contributed by atoms with van der Waals surface area (Å²) >= 11 is 0. The molecule has 0 bridgehead atoms. The summed E-state index contributed by atoms with van der Waals surface area (Å²) in [7, 11) is 1.97. The van der Waals surface area contributed by atoms with E-state index in [1.807, 2.05) is 22.4 Å². The maximum atomic E-state index is 10.2. The van der Waals surface area contributed by atoms with Crippen LogP contribution < -0.4 is 0 Å². The van der Waals surface area contributed by atoms with Crippen LogP contribution in [0.25, 0.3) is 0 Å². The summed E-state index contributed by atoms with van der Waals surface area (Å²) in [4.78, 5) is 8.37. The first-order valence-corrected chi connectivity index (χ1v) is 6.25. The summed E-state index contributed by atoms with van der Waals surface area (Å²) in [5.41, 5.74) is 0.874. The Hall–Kier alpha value is -1.62. The van der Waals surface area contributed by atoms with Gasteiger partial charge in [-0.05, 0) is 20.3 Å². The van der Waals surface area contributed by atoms with Gasteiger partial charge in [0.05, 0.1) is 24.3 Å². The molecule has 0 aliphatic rings. The molecular formula is C13H20N4O. The van der Waals surface area contributed by atoms with Crippen molar-refractivity contribution >= 4 is 0 Å². The van der Waals surface area contributed by atoms with Gasteiger partial charge in [0, 0.05) is 31.9 Å². The number of aliphatic hydroxyl groups excluding tert-OH is 1. The lowest BCUT2D eigenvalue weighted by Crippen LogP contribution is -2.10. The normalized spacial score (nSPS) is 13.2. The molecule has 0 amide bonds. The minimum atomic E-state index is -0.494. The number of hydrogen-bond acceptors (Lipinski definition) is 3. The number of aromatic nitrogens is 4. The maximum absolute atomic E-state index is 10.2. The van der Waals surface area contributed by atoms with E-state index in [-0.39, 0.29) is 0 Å². The third kappa shape index (κ3) is 2.61. The van der Waals surface area contributed by atoms with Crippen LogP contribution in [0.1, 0.15) is 43.9 Å². The second-order valence-corrected chi connectivity index (χ2v) is 4.83. The van der Waals surface area contributed by atoms with Crippen molar-refractivity contribution in [1.82, 2.24) is 19.1 Å². The van der Waals surface area contributed by atoms with E-state index in [4.69, 9.17) is 0 Å². The molecule has 0 saturated heterocycles. The summed E-state index contributed by atoms with van der Waals surface area (Å²) in [6, 6.07) is 0.310. The Morgan fingerprint density at radius 1 is 1.39 bits per heavy atom. The summed E-state index contributed by atoms with van der Waals surface area (Å²) in [5.74, 6) is 0.990. The van der Waals surface area contributed by atoms with Crippen LogP contribution in [0.3, 0.4) is 0 Å². The Kier molecular flexibility index (Phi) is 3.81. The lowest BCUT2D eigenvalue weighted by atomic mass is 10.1. The van der Waals surface area contributed by atoms with Gasteiger partial charge in [0.2, 0.25) is 0 Å². The van der Waals surface area contributed by atoms with Gasteiger partial charge in [-0.1, -0.05) is 0 Å². The van der Waals surface area contributed by atoms with Crippen molar-refractivity contribution in [1.29, 1.82) is 0 Å². The molecule has 0 aliphatic heterocycles. The van der Waals surface area contributed by atoms with Gasteiger partial charge >= 0.3 is 0 Å². The molecule has 0 fully saturated rings. The van der Waals surface area contributed by atoms with Crippen molar-refractivity contribution < 1.29 is 5.11 Å². The van der Waals surface area contributed by atoms with Crippen LogP contribution in [-0.4, -0.2) is 24.2 Å². The topological polar surface area (TPSA) is 55.9 Å². The highest BCUT2D eigenvalue weighted by molar-refractivity contribution is 5.05. The van der Waals surface area contributed by atoms with E-state index >= 15 is 0 Å². The molecule has 5 nitrogen and oxygen atoms in total. The van der Waals surface area contributed by atoms with Crippen LogP contribution in [0.2, 0.25) is 0 Å². The largest absolute Gasteiger partial charge is 0.387 e. The Balaban J connectivity index is 2.01. The van der Waals surface area contributed by atoms with Crippen LogP contribution >= 0.6 is 0 Å². The molecule has 1 N–H and O–H groups in total. The number of imidazole rings is 2. The molecule has 1 atom stereocenters. The quantitative estimate of drug-likeness (QED) is 0.878. The summed E-state index contributed by atoms with van der Waals surface area (Å²) in [6.45, 7) is 4.16. The van der Waals surface area contributed by atoms with Gasteiger partial charge in [-0.2, -0.15) is 0 Å². The van der Waals surface area contributed by atoms with Gasteiger partial charge in [0.1, 0.15) is 5.82 Å². The Morgan fingerprint density at radius 2 is 2.17 bits per heavy atom. The first kappa shape index (κ1) is 12.8. The van der Waals surface area contributed by atoms with Crippen molar-refractivity contribution in [2.75, 3.05) is 0 Å². The molecule has 98 valence electrons. The average Bonchev–Trinajstić information content (AvgIpc) is 2.94. The van der Waals surface area contributed by atoms with Gasteiger partial charge in [0.25, 0.3) is 0 Å². The third-order valence-corrected chi connectivity index (χ3v) is 3.16. The first-order chi connectivity index (χ1) is 8.59. The lowest BCUT2D eigenvalue weighted by molar-refractivity contribution is 0.156. The standard InChI is InChI=1S/C13H20N4O/c1-10(2)17-9-14-8-11(17)12(18)4-5-13-15-6-7-16(13)3/h6-10,12,18H,4-5H2,1-3H3. The third-order valence-electron chi connectivity index (χ3n) is 3.16. The number of hydrogen-bond donors (Lipinski definition) is 1. The lowest BCUT2D eigenvalue weighted by Gasteiger charge is -2.16. The molecule has 1 unspecified atom stereocenters. The molecule has 2 rings (SSSR count). The number of rotatable bonds is 5. The van der Waals surface area contributed by atoms with Crippen LogP contribution in [-0.2, 0) is 13.5 Å². The summed E-state index contributed by atoms with van der Waals surface area (Å²) in [6.07, 6.45) is 8.12. The second-order valence-electron chi connectivity index (χ2n) is 4.83. The fourth-order valence-corrected chi connectivity index (χ4v) is 2.06. The van der Waals surface area contributed by atoms with Crippen LogP contribution in [0.5, 0.6) is 0 Å². The molecule has 18 heavy (non-hydrogen) atoms. The molecule has 0 spiro atoms. The number of aryl methyl sites for hydroxylation is 2. The van der Waals surface area contributed by atoms with Gasteiger partial charge in [-0.3, -0.25) is 0 Å². The number of nitrogens with zero attached hydrogens (tertiary/aromatic N) is 4. The highest BCUT2D eigenvalue weighted by Gasteiger charge is 2.15. The summed E-state index contributed by atoms with van der Waals surface area (Å²) < 4.78 is 3.98. The summed E-state index contributed by atoms with van der Waals surface area (Å²) in [5, 5.41) is 10.2. The highest BCUT2D eigenvalue weighted by atomic mass is 16.3. The van der Waals surface area contributed by atoms with Crippen LogP contribution in [0, 0.1) is 0 Å². The van der Waals surface area contributed by atoms with Gasteiger partial charge in [-0.25, -0.2) is 9.97 Å². The van der Waals surface area contributed by atoms with Crippen molar-refractivity contribution in [2.24, 2.45) is 7.05 Å². The average molecular weight is 248 g/mol. The highest BCUT2D eigenvalue weighted by Crippen LogP contribution is 2.21. The Labute approximate surface area is 107 Å². The molecule has 2 aromatic heterocycles. The van der Waals surface area contributed by atoms with Crippen molar-refractivity contribution in [3.05, 3.63) is 36.4 Å². The first-order valence-electron chi connectivity index (χ1n) is 6.25. The van der Waals surface area contributed by atoms with E-state index in [0.29, 0.717) is 12.5 Å². The minimum Gasteiger partial charge on any atom is -0.387 e. The van der Waals surface area contributed by atoms with Crippen LogP contribution in [0.15, 0.2) is 24.9 Å². The Bertz CT molecular complexity index is 501. The molecule has 2 aromatic rings. The van der Waals surface area contributed by atoms with Crippen molar-refractivity contribution in [2.45, 2.75) is 38.8 Å². The smallest absolute Gasteiger partial charge is 0.108 e. The van der Waals surface area contributed by atoms with Crippen molar-refractivity contribution in [3.8, 4) is 0 Å². The van der Waals surface area contributed by atoms with Crippen LogP contribution in [0.4, 0.5) is 0 Å². The molecule has 0 aliphatic carbocycles. The predicted molar refractivity (Wildman–Crippen MR) is 69.1 cm³/mol. The fourth-order valence-electron chi connectivity index (χ4n) is 2.06. The van der Waals surface area contributed by atoms with E-state index in [2.05, 4.69) is 23.8 Å². The molecule has 5 heteroatoms. The monoisotopic (exact) mass is 248 g/mol. The van der Waals surface area contributed by atoms with E-state index in [9.17, 15) is 5.11 Å². The van der Waals surface area contributed by atoms with E-state index in [1.54, 1.807) is 18.7 Å². The zero-order valence-corrected chi connectivity index (χ0v) is 11.1. The number of aliphatic hydroxyl groups is 1. The molecule has 0 aromatic carbocycles. The maximum Gasteiger partial charge on any atom is 0.108 e. The molecular weight excluding hydrogens is 228 g/mol. The SMILES string of the molecule is CC(C)n1cncc1C(O)CCc1nccn1C. The molecule has 2 heterocycles. The zero-order valence-electron chi connectivity index (χ0n) is 11.1. The fraction of sp³-hybridized carbons (Fsp3) is 0.538. The predicted octanol–water partition coefficient (Wildman–Crippen LogP) is 1.86.